The second kappa shape index (κ2) is 4.87. The molecular formula is C15H11BN6. The summed E-state index contributed by atoms with van der Waals surface area (Å²) in [6.45, 7) is 2.04. The highest BCUT2D eigenvalue weighted by Gasteiger charge is 2.15. The first-order valence-electron chi connectivity index (χ1n) is 6.90. The molecule has 6 nitrogen and oxygen atoms in total. The Labute approximate surface area is 127 Å². The molecule has 3 aromatic heterocycles. The highest BCUT2D eigenvalue weighted by Crippen LogP contribution is 2.23. The van der Waals surface area contributed by atoms with E-state index in [9.17, 15) is 0 Å². The van der Waals surface area contributed by atoms with E-state index < -0.39 is 0 Å². The van der Waals surface area contributed by atoms with Gasteiger partial charge in [-0.25, -0.2) is 14.6 Å². The normalized spacial score (nSPS) is 12.8. The molecule has 0 spiro atoms. The number of aromatic nitrogens is 6. The van der Waals surface area contributed by atoms with Gasteiger partial charge < -0.3 is 0 Å². The summed E-state index contributed by atoms with van der Waals surface area (Å²) in [4.78, 5) is 12.8. The molecule has 1 atom stereocenters. The SMILES string of the molecule is [B]c1cnc2nnn([C@@H](C)c3ccc4ncccc4c3)c2n1. The molecule has 104 valence electrons. The van der Waals surface area contributed by atoms with E-state index in [0.29, 0.717) is 16.9 Å². The van der Waals surface area contributed by atoms with Gasteiger partial charge in [0.1, 0.15) is 7.85 Å². The lowest BCUT2D eigenvalue weighted by molar-refractivity contribution is 0.556. The van der Waals surface area contributed by atoms with E-state index in [0.717, 1.165) is 16.5 Å². The number of pyridine rings is 1. The molecule has 0 aliphatic carbocycles. The number of rotatable bonds is 2. The Hall–Kier alpha value is -2.83. The van der Waals surface area contributed by atoms with Crippen molar-refractivity contribution in [1.82, 2.24) is 29.9 Å². The number of hydrogen-bond donors (Lipinski definition) is 0. The fraction of sp³-hybridized carbons (Fsp3) is 0.133. The zero-order valence-electron chi connectivity index (χ0n) is 11.9. The van der Waals surface area contributed by atoms with E-state index in [2.05, 4.69) is 31.3 Å². The van der Waals surface area contributed by atoms with Gasteiger partial charge in [0.05, 0.1) is 11.6 Å². The van der Waals surface area contributed by atoms with Crippen molar-refractivity contribution in [1.29, 1.82) is 0 Å². The maximum Gasteiger partial charge on any atom is 0.221 e. The molecule has 0 aliphatic heterocycles. The van der Waals surface area contributed by atoms with Gasteiger partial charge in [-0.15, -0.1) is 5.10 Å². The zero-order valence-corrected chi connectivity index (χ0v) is 11.9. The van der Waals surface area contributed by atoms with Gasteiger partial charge >= 0.3 is 0 Å². The predicted molar refractivity (Wildman–Crippen MR) is 84.1 cm³/mol. The smallest absolute Gasteiger partial charge is 0.221 e. The molecule has 3 heterocycles. The number of fused-ring (bicyclic) bond motifs is 2. The molecular weight excluding hydrogens is 275 g/mol. The number of hydrogen-bond acceptors (Lipinski definition) is 5. The maximum absolute atomic E-state index is 5.71. The fourth-order valence-corrected chi connectivity index (χ4v) is 2.50. The summed E-state index contributed by atoms with van der Waals surface area (Å²) in [5, 5.41) is 9.29. The summed E-state index contributed by atoms with van der Waals surface area (Å²) in [6.07, 6.45) is 3.27. The van der Waals surface area contributed by atoms with E-state index in [1.54, 1.807) is 10.9 Å². The van der Waals surface area contributed by atoms with Gasteiger partial charge in [-0.1, -0.05) is 17.3 Å². The third-order valence-corrected chi connectivity index (χ3v) is 3.68. The van der Waals surface area contributed by atoms with Crippen molar-refractivity contribution in [3.05, 3.63) is 48.3 Å². The predicted octanol–water partition coefficient (Wildman–Crippen LogP) is 1.17. The first-order valence-corrected chi connectivity index (χ1v) is 6.90. The zero-order chi connectivity index (χ0) is 15.1. The molecule has 2 radical (unpaired) electrons. The van der Waals surface area contributed by atoms with Gasteiger partial charge in [0.25, 0.3) is 0 Å². The minimum absolute atomic E-state index is 0.0364. The van der Waals surface area contributed by atoms with E-state index in [4.69, 9.17) is 7.85 Å². The van der Waals surface area contributed by atoms with Crippen molar-refractivity contribution < 1.29 is 0 Å². The van der Waals surface area contributed by atoms with Crippen LogP contribution in [0, 0.1) is 0 Å². The first-order chi connectivity index (χ1) is 10.7. The number of benzene rings is 1. The van der Waals surface area contributed by atoms with E-state index in [-0.39, 0.29) is 6.04 Å². The quantitative estimate of drug-likeness (QED) is 0.517. The Morgan fingerprint density at radius 1 is 1.18 bits per heavy atom. The van der Waals surface area contributed by atoms with Crippen LogP contribution in [0.5, 0.6) is 0 Å². The Balaban J connectivity index is 1.84. The lowest BCUT2D eigenvalue weighted by Crippen LogP contribution is -2.14. The number of nitrogens with zero attached hydrogens (tertiary/aromatic N) is 6. The first kappa shape index (κ1) is 12.9. The van der Waals surface area contributed by atoms with Gasteiger partial charge in [-0.3, -0.25) is 4.98 Å². The summed E-state index contributed by atoms with van der Waals surface area (Å²) in [6, 6.07) is 10.1. The van der Waals surface area contributed by atoms with Gasteiger partial charge in [-0.2, -0.15) is 0 Å². The Kier molecular flexibility index (Phi) is 2.85. The van der Waals surface area contributed by atoms with Crippen LogP contribution in [-0.4, -0.2) is 37.8 Å². The topological polar surface area (TPSA) is 69.4 Å². The second-order valence-corrected chi connectivity index (χ2v) is 5.11. The minimum Gasteiger partial charge on any atom is -0.256 e. The average Bonchev–Trinajstić information content (AvgIpc) is 2.96. The van der Waals surface area contributed by atoms with Crippen LogP contribution in [0.2, 0.25) is 0 Å². The molecule has 0 N–H and O–H groups in total. The summed E-state index contributed by atoms with van der Waals surface area (Å²) in [5.41, 5.74) is 3.48. The van der Waals surface area contributed by atoms with Crippen LogP contribution in [-0.2, 0) is 0 Å². The molecule has 4 aromatic rings. The molecule has 0 saturated carbocycles. The molecule has 0 fully saturated rings. The molecule has 0 bridgehead atoms. The summed E-state index contributed by atoms with van der Waals surface area (Å²) < 4.78 is 1.73. The lowest BCUT2D eigenvalue weighted by Gasteiger charge is -2.13. The highest BCUT2D eigenvalue weighted by molar-refractivity contribution is 6.30. The largest absolute Gasteiger partial charge is 0.256 e. The highest BCUT2D eigenvalue weighted by atomic mass is 15.5. The van der Waals surface area contributed by atoms with Crippen LogP contribution in [0.15, 0.2) is 42.7 Å². The summed E-state index contributed by atoms with van der Waals surface area (Å²) in [7, 11) is 5.71. The van der Waals surface area contributed by atoms with Crippen molar-refractivity contribution in [3.8, 4) is 0 Å². The van der Waals surface area contributed by atoms with Crippen LogP contribution in [0.25, 0.3) is 22.2 Å². The summed E-state index contributed by atoms with van der Waals surface area (Å²) >= 11 is 0. The monoisotopic (exact) mass is 286 g/mol. The van der Waals surface area contributed by atoms with E-state index >= 15 is 0 Å². The third kappa shape index (κ3) is 2.02. The molecule has 4 rings (SSSR count). The molecule has 0 amide bonds. The van der Waals surface area contributed by atoms with Crippen molar-refractivity contribution >= 4 is 35.6 Å². The minimum atomic E-state index is -0.0364. The fourth-order valence-electron chi connectivity index (χ4n) is 2.50. The third-order valence-electron chi connectivity index (χ3n) is 3.68. The van der Waals surface area contributed by atoms with Gasteiger partial charge in [0.2, 0.25) is 5.65 Å². The van der Waals surface area contributed by atoms with Crippen molar-refractivity contribution in [2.45, 2.75) is 13.0 Å². The Morgan fingerprint density at radius 3 is 3.00 bits per heavy atom. The van der Waals surface area contributed by atoms with Crippen LogP contribution in [0.3, 0.4) is 0 Å². The van der Waals surface area contributed by atoms with E-state index in [1.165, 1.54) is 6.20 Å². The van der Waals surface area contributed by atoms with Gasteiger partial charge in [0, 0.05) is 23.4 Å². The molecule has 1 aromatic carbocycles. The molecule has 0 aliphatic rings. The van der Waals surface area contributed by atoms with Crippen molar-refractivity contribution in [2.75, 3.05) is 0 Å². The average molecular weight is 286 g/mol. The van der Waals surface area contributed by atoms with Gasteiger partial charge in [-0.05, 0) is 30.7 Å². The van der Waals surface area contributed by atoms with Crippen LogP contribution in [0.1, 0.15) is 18.5 Å². The van der Waals surface area contributed by atoms with E-state index in [1.807, 2.05) is 31.2 Å². The van der Waals surface area contributed by atoms with Crippen molar-refractivity contribution in [3.63, 3.8) is 0 Å². The Bertz CT molecular complexity index is 980. The molecule has 7 heteroatoms. The van der Waals surface area contributed by atoms with Crippen LogP contribution in [0.4, 0.5) is 0 Å². The molecule has 22 heavy (non-hydrogen) atoms. The lowest BCUT2D eigenvalue weighted by atomic mass is 10.1. The van der Waals surface area contributed by atoms with Crippen LogP contribution >= 0.6 is 0 Å². The standard InChI is InChI=1S/C15H11BN6/c1-9(10-4-5-12-11(7-10)3-2-6-17-12)22-15-14(20-21-22)18-8-13(16)19-15/h2-9H,1H3/t9-/m0/s1. The van der Waals surface area contributed by atoms with Crippen LogP contribution < -0.4 is 5.59 Å². The maximum atomic E-state index is 5.71. The molecule has 0 unspecified atom stereocenters. The second-order valence-electron chi connectivity index (χ2n) is 5.11. The van der Waals surface area contributed by atoms with Gasteiger partial charge in [0.15, 0.2) is 5.65 Å². The Morgan fingerprint density at radius 2 is 2.09 bits per heavy atom. The molecule has 0 saturated heterocycles. The summed E-state index contributed by atoms with van der Waals surface area (Å²) in [5.74, 6) is 0. The van der Waals surface area contributed by atoms with Crippen molar-refractivity contribution in [2.24, 2.45) is 0 Å².